The van der Waals surface area contributed by atoms with Crippen LogP contribution in [0.15, 0.2) is 42.5 Å². The van der Waals surface area contributed by atoms with Crippen LogP contribution < -0.4 is 19.1 Å². The Balaban J connectivity index is 1.62. The molecule has 0 bridgehead atoms. The van der Waals surface area contributed by atoms with E-state index in [1.807, 2.05) is 24.3 Å². The normalized spacial score (nSPS) is 21.6. The molecule has 2 atom stereocenters. The molecule has 0 fully saturated rings. The fourth-order valence-corrected chi connectivity index (χ4v) is 5.44. The number of hydrogen-bond donors (Lipinski definition) is 1. The summed E-state index contributed by atoms with van der Waals surface area (Å²) in [6.45, 7) is 4.02. The van der Waals surface area contributed by atoms with Crippen molar-refractivity contribution in [2.45, 2.75) is 50.9 Å². The van der Waals surface area contributed by atoms with E-state index in [-0.39, 0.29) is 24.1 Å². The highest BCUT2D eigenvalue weighted by atomic mass is 35.5. The molecule has 4 rings (SSSR count). The van der Waals surface area contributed by atoms with Crippen molar-refractivity contribution in [2.75, 3.05) is 17.1 Å². The van der Waals surface area contributed by atoms with E-state index in [4.69, 9.17) is 21.1 Å². The van der Waals surface area contributed by atoms with Gasteiger partial charge in [-0.25, -0.2) is 8.42 Å². The number of amides is 1. The Kier molecular flexibility index (Phi) is 6.02. The number of rotatable bonds is 5. The number of ether oxygens (including phenoxy) is 2. The average Bonchev–Trinajstić information content (AvgIpc) is 2.77. The van der Waals surface area contributed by atoms with Crippen molar-refractivity contribution in [3.05, 3.63) is 53.1 Å². The summed E-state index contributed by atoms with van der Waals surface area (Å²) in [5.41, 5.74) is 0.861. The lowest BCUT2D eigenvalue weighted by atomic mass is 9.83. The molecule has 2 aromatic carbocycles. The van der Waals surface area contributed by atoms with Gasteiger partial charge < -0.3 is 14.8 Å². The average molecular weight is 479 g/mol. The maximum absolute atomic E-state index is 13.3. The minimum absolute atomic E-state index is 0.129. The Labute approximate surface area is 193 Å². The van der Waals surface area contributed by atoms with E-state index in [2.05, 4.69) is 19.2 Å². The summed E-state index contributed by atoms with van der Waals surface area (Å²) in [6, 6.07) is 12.1. The molecule has 0 radical (unpaired) electrons. The number of fused-ring (bicyclic) bond motifs is 2. The lowest BCUT2D eigenvalue weighted by Gasteiger charge is -2.42. The van der Waals surface area contributed by atoms with Crippen LogP contribution in [0.3, 0.4) is 0 Å². The molecule has 1 amide bonds. The summed E-state index contributed by atoms with van der Waals surface area (Å²) in [5.74, 6) is 0.687. The smallest absolute Gasteiger partial charge is 0.263 e. The summed E-state index contributed by atoms with van der Waals surface area (Å²) in [7, 11) is -3.64. The molecule has 0 saturated carbocycles. The van der Waals surface area contributed by atoms with Crippen molar-refractivity contribution in [3.63, 3.8) is 0 Å². The second-order valence-corrected chi connectivity index (χ2v) is 10.7. The Morgan fingerprint density at radius 1 is 1.19 bits per heavy atom. The monoisotopic (exact) mass is 478 g/mol. The minimum Gasteiger partial charge on any atom is -0.487 e. The molecule has 9 heteroatoms. The van der Waals surface area contributed by atoms with Gasteiger partial charge in [0.05, 0.1) is 24.5 Å². The van der Waals surface area contributed by atoms with E-state index in [0.717, 1.165) is 30.4 Å². The molecule has 172 valence electrons. The third-order valence-electron chi connectivity index (χ3n) is 6.29. The van der Waals surface area contributed by atoms with E-state index in [9.17, 15) is 13.2 Å². The maximum Gasteiger partial charge on any atom is 0.263 e. The second-order valence-electron chi connectivity index (χ2n) is 8.31. The molecular formula is C23H27ClN2O5S. The number of carbonyl (C=O) groups is 1. The van der Waals surface area contributed by atoms with Crippen molar-refractivity contribution in [2.24, 2.45) is 0 Å². The predicted molar refractivity (Wildman–Crippen MR) is 124 cm³/mol. The Morgan fingerprint density at radius 3 is 2.59 bits per heavy atom. The highest BCUT2D eigenvalue weighted by Gasteiger charge is 2.41. The summed E-state index contributed by atoms with van der Waals surface area (Å²) < 4.78 is 38.2. The molecule has 0 aliphatic carbocycles. The van der Waals surface area contributed by atoms with Crippen LogP contribution in [0.2, 0.25) is 5.02 Å². The van der Waals surface area contributed by atoms with Crippen LogP contribution in [0, 0.1) is 0 Å². The fourth-order valence-electron chi connectivity index (χ4n) is 4.37. The first kappa shape index (κ1) is 22.7. The first-order chi connectivity index (χ1) is 15.2. The zero-order valence-corrected chi connectivity index (χ0v) is 19.9. The molecule has 0 saturated heterocycles. The maximum atomic E-state index is 13.3. The molecule has 0 spiro atoms. The largest absolute Gasteiger partial charge is 0.487 e. The van der Waals surface area contributed by atoms with Gasteiger partial charge in [-0.2, -0.15) is 0 Å². The molecule has 1 N–H and O–H groups in total. The summed E-state index contributed by atoms with van der Waals surface area (Å²) in [5, 5.41) is 3.48. The number of hydrogen-bond acceptors (Lipinski definition) is 5. The first-order valence-electron chi connectivity index (χ1n) is 10.7. The molecule has 2 heterocycles. The molecule has 7 nitrogen and oxygen atoms in total. The van der Waals surface area contributed by atoms with Crippen LogP contribution in [-0.4, -0.2) is 38.8 Å². The van der Waals surface area contributed by atoms with Crippen LogP contribution in [0.4, 0.5) is 5.69 Å². The van der Waals surface area contributed by atoms with E-state index in [1.54, 1.807) is 12.1 Å². The van der Waals surface area contributed by atoms with Gasteiger partial charge in [0.15, 0.2) is 6.10 Å². The molecular weight excluding hydrogens is 452 g/mol. The predicted octanol–water partition coefficient (Wildman–Crippen LogP) is 4.07. The Bertz CT molecular complexity index is 1130. The van der Waals surface area contributed by atoms with Crippen LogP contribution in [0.25, 0.3) is 0 Å². The zero-order valence-electron chi connectivity index (χ0n) is 18.3. The van der Waals surface area contributed by atoms with Crippen LogP contribution in [0.5, 0.6) is 11.5 Å². The summed E-state index contributed by atoms with van der Waals surface area (Å²) >= 11 is 6.05. The third kappa shape index (κ3) is 4.26. The third-order valence-corrected chi connectivity index (χ3v) is 7.67. The fraction of sp³-hybridized carbons (Fsp3) is 0.435. The van der Waals surface area contributed by atoms with Crippen molar-refractivity contribution in [1.82, 2.24) is 5.32 Å². The molecule has 0 unspecified atom stereocenters. The number of nitrogens with zero attached hydrogens (tertiary/aromatic N) is 1. The number of sulfonamides is 1. The number of nitrogens with one attached hydrogen (secondary N) is 1. The quantitative estimate of drug-likeness (QED) is 0.700. The van der Waals surface area contributed by atoms with Gasteiger partial charge in [0.25, 0.3) is 5.91 Å². The standard InChI is InChI=1S/C23H27ClN2O5S/c1-4-23(5-2)13-17(16-8-6-7-9-19(16)31-23)25-22(27)21-14-26(32(3,28)29)18-12-15(24)10-11-20(18)30-21/h6-12,17,21H,4-5,13-14H2,1-3H3,(H,25,27)/t17-,21-/m0/s1. The van der Waals surface area contributed by atoms with Crippen molar-refractivity contribution in [1.29, 1.82) is 0 Å². The van der Waals surface area contributed by atoms with Gasteiger partial charge in [-0.3, -0.25) is 9.10 Å². The second kappa shape index (κ2) is 8.48. The Morgan fingerprint density at radius 2 is 1.91 bits per heavy atom. The van der Waals surface area contributed by atoms with Crippen molar-refractivity contribution < 1.29 is 22.7 Å². The minimum atomic E-state index is -3.64. The van der Waals surface area contributed by atoms with E-state index >= 15 is 0 Å². The van der Waals surface area contributed by atoms with Crippen molar-refractivity contribution in [3.8, 4) is 11.5 Å². The molecule has 32 heavy (non-hydrogen) atoms. The summed E-state index contributed by atoms with van der Waals surface area (Å²) in [4.78, 5) is 13.3. The number of para-hydroxylation sites is 1. The number of anilines is 1. The van der Waals surface area contributed by atoms with E-state index in [0.29, 0.717) is 22.9 Å². The van der Waals surface area contributed by atoms with Gasteiger partial charge in [0, 0.05) is 17.0 Å². The highest BCUT2D eigenvalue weighted by molar-refractivity contribution is 7.92. The molecule has 2 aromatic rings. The lowest BCUT2D eigenvalue weighted by Crippen LogP contribution is -2.52. The number of halogens is 1. The van der Waals surface area contributed by atoms with E-state index < -0.39 is 16.1 Å². The number of benzene rings is 2. The van der Waals surface area contributed by atoms with Gasteiger partial charge in [0.1, 0.15) is 17.1 Å². The van der Waals surface area contributed by atoms with Crippen LogP contribution in [-0.2, 0) is 14.8 Å². The SMILES string of the molecule is CCC1(CC)C[C@H](NC(=O)[C@@H]2CN(S(C)(=O)=O)c3cc(Cl)ccc3O2)c2ccccc2O1. The zero-order chi connectivity index (χ0) is 23.1. The topological polar surface area (TPSA) is 84.9 Å². The van der Waals surface area contributed by atoms with Gasteiger partial charge in [-0.15, -0.1) is 0 Å². The van der Waals surface area contributed by atoms with Gasteiger partial charge >= 0.3 is 0 Å². The molecule has 2 aliphatic rings. The Hall–Kier alpha value is -2.45. The van der Waals surface area contributed by atoms with Crippen molar-refractivity contribution >= 4 is 33.2 Å². The van der Waals surface area contributed by atoms with Gasteiger partial charge in [0.2, 0.25) is 10.0 Å². The summed E-state index contributed by atoms with van der Waals surface area (Å²) in [6.07, 6.45) is 2.34. The lowest BCUT2D eigenvalue weighted by molar-refractivity contribution is -0.129. The van der Waals surface area contributed by atoms with Crippen LogP contribution >= 0.6 is 11.6 Å². The number of carbonyl (C=O) groups excluding carboxylic acids is 1. The van der Waals surface area contributed by atoms with Crippen LogP contribution in [0.1, 0.15) is 44.7 Å². The van der Waals surface area contributed by atoms with Gasteiger partial charge in [-0.1, -0.05) is 43.6 Å². The molecule has 2 aliphatic heterocycles. The van der Waals surface area contributed by atoms with Gasteiger partial charge in [-0.05, 0) is 37.1 Å². The molecule has 0 aromatic heterocycles. The van der Waals surface area contributed by atoms with E-state index in [1.165, 1.54) is 10.4 Å². The highest BCUT2D eigenvalue weighted by Crippen LogP contribution is 2.43. The first-order valence-corrected chi connectivity index (χ1v) is 12.9.